The van der Waals surface area contributed by atoms with Crippen LogP contribution in [0.4, 0.5) is 5.69 Å². The Labute approximate surface area is 334 Å². The number of aryl methyl sites for hydroxylation is 4. The molecule has 5 aromatic rings. The average Bonchev–Trinajstić information content (AvgIpc) is 3.69. The number of hydrogen-bond acceptors (Lipinski definition) is 8. The van der Waals surface area contributed by atoms with Crippen LogP contribution in [0.5, 0.6) is 5.75 Å². The molecule has 55 heavy (non-hydrogen) atoms. The van der Waals surface area contributed by atoms with Crippen molar-refractivity contribution in [2.24, 2.45) is 7.05 Å². The number of nitrogens with zero attached hydrogens (tertiary/aromatic N) is 5. The number of morpholine rings is 1. The largest absolute Gasteiger partial charge is 0.494 e. The van der Waals surface area contributed by atoms with E-state index >= 15 is 0 Å². The number of rotatable bonds is 16. The number of carbonyl (C=O) groups is 1. The predicted octanol–water partition coefficient (Wildman–Crippen LogP) is 8.54. The van der Waals surface area contributed by atoms with E-state index < -0.39 is 0 Å². The Bertz CT molecular complexity index is 2160. The zero-order chi connectivity index (χ0) is 39.2. The smallest absolute Gasteiger partial charge is 0.150 e. The third-order valence-corrected chi connectivity index (χ3v) is 11.3. The lowest BCUT2D eigenvalue weighted by molar-refractivity contribution is 0.0360. The van der Waals surface area contributed by atoms with Crippen LogP contribution in [0.3, 0.4) is 0 Å². The van der Waals surface area contributed by atoms with Crippen molar-refractivity contribution in [1.82, 2.24) is 29.8 Å². The molecular weight excluding hydrogens is 733 g/mol. The van der Waals surface area contributed by atoms with Crippen LogP contribution in [-0.4, -0.2) is 89.8 Å². The van der Waals surface area contributed by atoms with Gasteiger partial charge in [-0.15, -0.1) is 0 Å². The van der Waals surface area contributed by atoms with Crippen LogP contribution in [0.25, 0.3) is 33.7 Å². The van der Waals surface area contributed by atoms with Gasteiger partial charge >= 0.3 is 0 Å². The number of anilines is 1. The topological polar surface area (TPSA) is 98.5 Å². The Balaban J connectivity index is 1.42. The van der Waals surface area contributed by atoms with Gasteiger partial charge in [0.2, 0.25) is 0 Å². The highest BCUT2D eigenvalue weighted by atomic mass is 35.5. The minimum atomic E-state index is 0.0821. The van der Waals surface area contributed by atoms with Crippen LogP contribution in [0, 0.1) is 27.7 Å². The average molecular weight is 787 g/mol. The summed E-state index contributed by atoms with van der Waals surface area (Å²) in [5.74, 6) is 0.801. The molecule has 0 aliphatic carbocycles. The van der Waals surface area contributed by atoms with Crippen molar-refractivity contribution in [3.63, 3.8) is 0 Å². The molecule has 1 fully saturated rings. The first-order valence-corrected chi connectivity index (χ1v) is 19.8. The first-order valence-electron chi connectivity index (χ1n) is 19.1. The Morgan fingerprint density at radius 1 is 1.02 bits per heavy atom. The van der Waals surface area contributed by atoms with E-state index in [0.717, 1.165) is 136 Å². The van der Waals surface area contributed by atoms with Crippen LogP contribution in [0.2, 0.25) is 10.0 Å². The second-order valence-corrected chi connectivity index (χ2v) is 15.4. The summed E-state index contributed by atoms with van der Waals surface area (Å²) in [6.45, 7) is 16.4. The predicted molar refractivity (Wildman–Crippen MR) is 226 cm³/mol. The molecule has 2 aromatic heterocycles. The number of aromatic nitrogens is 4. The lowest BCUT2D eigenvalue weighted by atomic mass is 9.91. The van der Waals surface area contributed by atoms with E-state index in [2.05, 4.69) is 47.6 Å². The van der Waals surface area contributed by atoms with Crippen molar-refractivity contribution in [2.45, 2.75) is 60.0 Å². The number of nitrogens with one attached hydrogen (secondary N) is 2. The summed E-state index contributed by atoms with van der Waals surface area (Å²) < 4.78 is 15.7. The molecule has 3 aromatic carbocycles. The number of carbonyl (C=O) groups excluding carboxylic acids is 1. The molecule has 1 aliphatic rings. The number of likely N-dealkylation sites (N-methyl/N-ethyl adjacent to an activating group) is 1. The minimum Gasteiger partial charge on any atom is -0.494 e. The number of ether oxygens (including phenoxy) is 2. The van der Waals surface area contributed by atoms with E-state index in [1.54, 1.807) is 0 Å². The van der Waals surface area contributed by atoms with E-state index in [0.29, 0.717) is 23.6 Å². The SMILES string of the molecule is CNC[C@@H](C)Nc1c(/C(=C/c2cc(C=O)c3cn(CCN4CCOCC4)nc3c2)CCCOc2cc(C)c(Cl)c(C)c2)ccc(Cl)c1-c1c(C)nn(C)c1C. The van der Waals surface area contributed by atoms with E-state index in [1.807, 2.05) is 74.7 Å². The van der Waals surface area contributed by atoms with Gasteiger partial charge in [0.05, 0.1) is 48.3 Å². The van der Waals surface area contributed by atoms with E-state index in [9.17, 15) is 4.79 Å². The van der Waals surface area contributed by atoms with Gasteiger partial charge in [-0.2, -0.15) is 10.2 Å². The summed E-state index contributed by atoms with van der Waals surface area (Å²) in [7, 11) is 3.91. The minimum absolute atomic E-state index is 0.0821. The molecule has 292 valence electrons. The monoisotopic (exact) mass is 785 g/mol. The van der Waals surface area contributed by atoms with Gasteiger partial charge in [0.1, 0.15) is 5.75 Å². The van der Waals surface area contributed by atoms with Crippen molar-refractivity contribution < 1.29 is 14.3 Å². The van der Waals surface area contributed by atoms with Gasteiger partial charge < -0.3 is 20.1 Å². The van der Waals surface area contributed by atoms with E-state index in [4.69, 9.17) is 42.9 Å². The molecule has 6 rings (SSSR count). The molecule has 1 atom stereocenters. The summed E-state index contributed by atoms with van der Waals surface area (Å²) in [6.07, 6.45) is 6.52. The fourth-order valence-electron chi connectivity index (χ4n) is 7.49. The maximum absolute atomic E-state index is 12.6. The number of aldehydes is 1. The molecule has 0 spiro atoms. The van der Waals surface area contributed by atoms with Crippen molar-refractivity contribution >= 4 is 57.7 Å². The number of halogens is 2. The lowest BCUT2D eigenvalue weighted by Gasteiger charge is -2.26. The van der Waals surface area contributed by atoms with Gasteiger partial charge in [0.25, 0.3) is 0 Å². The Morgan fingerprint density at radius 2 is 1.76 bits per heavy atom. The van der Waals surface area contributed by atoms with Crippen LogP contribution in [0.15, 0.2) is 42.6 Å². The molecule has 0 unspecified atom stereocenters. The third kappa shape index (κ3) is 9.44. The molecular formula is C43H53Cl2N7O3. The zero-order valence-electron chi connectivity index (χ0n) is 33.1. The standard InChI is InChI=1S/C43H53Cl2N7O3/c1-27-19-35(20-28(2)42(27)45)55-16-8-9-33(21-32-22-34(26-53)37-25-52(49-39(37)23-32)13-12-51-14-17-54-18-15-51)36-10-11-38(44)41(43(36)47-29(3)24-46-6)40-30(4)48-50(7)31(40)5/h10-11,19-23,25-26,29,46-47H,8-9,12-18,24H2,1-7H3/b33-21+/t29-/m1/s1. The van der Waals surface area contributed by atoms with Crippen LogP contribution >= 0.6 is 23.2 Å². The summed E-state index contributed by atoms with van der Waals surface area (Å²) in [4.78, 5) is 14.9. The van der Waals surface area contributed by atoms with Crippen LogP contribution in [0.1, 0.15) is 63.8 Å². The van der Waals surface area contributed by atoms with E-state index in [1.165, 1.54) is 0 Å². The molecule has 2 N–H and O–H groups in total. The number of fused-ring (bicyclic) bond motifs is 1. The van der Waals surface area contributed by atoms with Crippen molar-refractivity contribution in [2.75, 3.05) is 58.4 Å². The second-order valence-electron chi connectivity index (χ2n) is 14.6. The van der Waals surface area contributed by atoms with Gasteiger partial charge in [-0.1, -0.05) is 35.3 Å². The lowest BCUT2D eigenvalue weighted by Crippen LogP contribution is -2.38. The van der Waals surface area contributed by atoms with Crippen LogP contribution < -0.4 is 15.4 Å². The van der Waals surface area contributed by atoms with Crippen LogP contribution in [-0.2, 0) is 18.3 Å². The van der Waals surface area contributed by atoms with Gasteiger partial charge in [0.15, 0.2) is 6.29 Å². The fraction of sp³-hybridized carbons (Fsp3) is 0.419. The number of benzene rings is 3. The summed E-state index contributed by atoms with van der Waals surface area (Å²) in [5, 5.41) is 19.1. The molecule has 0 saturated carbocycles. The van der Waals surface area contributed by atoms with Crippen molar-refractivity contribution in [1.29, 1.82) is 0 Å². The third-order valence-electron chi connectivity index (χ3n) is 10.4. The number of allylic oxidation sites excluding steroid dienone is 1. The summed E-state index contributed by atoms with van der Waals surface area (Å²) in [6, 6.07) is 12.2. The Hall–Kier alpha value is -4.19. The molecule has 0 radical (unpaired) electrons. The summed E-state index contributed by atoms with van der Waals surface area (Å²) >= 11 is 13.6. The first kappa shape index (κ1) is 40.5. The molecule has 0 amide bonds. The normalized spacial score (nSPS) is 14.5. The van der Waals surface area contributed by atoms with Gasteiger partial charge in [-0.05, 0) is 107 Å². The first-order chi connectivity index (χ1) is 26.5. The Morgan fingerprint density at radius 3 is 2.44 bits per heavy atom. The van der Waals surface area contributed by atoms with E-state index in [-0.39, 0.29) is 6.04 Å². The van der Waals surface area contributed by atoms with Crippen molar-refractivity contribution in [3.8, 4) is 16.9 Å². The van der Waals surface area contributed by atoms with Crippen molar-refractivity contribution in [3.05, 3.63) is 91.8 Å². The molecule has 10 nitrogen and oxygen atoms in total. The quantitative estimate of drug-likeness (QED) is 0.0584. The number of hydrogen-bond donors (Lipinski definition) is 2. The van der Waals surface area contributed by atoms with Gasteiger partial charge in [-0.3, -0.25) is 19.1 Å². The highest BCUT2D eigenvalue weighted by Crippen LogP contribution is 2.44. The molecule has 12 heteroatoms. The fourth-order valence-corrected chi connectivity index (χ4v) is 7.85. The Kier molecular flexibility index (Phi) is 13.4. The zero-order valence-corrected chi connectivity index (χ0v) is 34.6. The highest BCUT2D eigenvalue weighted by molar-refractivity contribution is 6.34. The molecule has 1 aliphatic heterocycles. The maximum atomic E-state index is 12.6. The molecule has 1 saturated heterocycles. The molecule has 3 heterocycles. The van der Waals surface area contributed by atoms with Gasteiger partial charge in [0, 0.05) is 83.8 Å². The highest BCUT2D eigenvalue weighted by Gasteiger charge is 2.24. The van der Waals surface area contributed by atoms with Gasteiger partial charge in [-0.25, -0.2) is 0 Å². The second kappa shape index (κ2) is 18.2. The summed E-state index contributed by atoms with van der Waals surface area (Å²) in [5.41, 5.74) is 11.2. The molecule has 0 bridgehead atoms. The maximum Gasteiger partial charge on any atom is 0.150 e.